The molecule has 38 heavy (non-hydrogen) atoms. The maximum absolute atomic E-state index is 13.0. The zero-order chi connectivity index (χ0) is 27.7. The summed E-state index contributed by atoms with van der Waals surface area (Å²) >= 11 is 0. The van der Waals surface area contributed by atoms with Crippen molar-refractivity contribution in [3.63, 3.8) is 0 Å². The number of aromatic amines is 1. The van der Waals surface area contributed by atoms with Crippen molar-refractivity contribution in [1.29, 1.82) is 0 Å². The lowest BCUT2D eigenvalue weighted by Gasteiger charge is -2.20. The first-order chi connectivity index (χ1) is 18.2. The van der Waals surface area contributed by atoms with Crippen molar-refractivity contribution in [3.8, 4) is 0 Å². The Labute approximate surface area is 217 Å². The fourth-order valence-electron chi connectivity index (χ4n) is 3.28. The molecule has 3 N–H and O–H groups in total. The zero-order valence-corrected chi connectivity index (χ0v) is 20.8. The van der Waals surface area contributed by atoms with E-state index in [1.165, 1.54) is 0 Å². The molecular weight excluding hydrogens is 496 g/mol. The summed E-state index contributed by atoms with van der Waals surface area (Å²) in [7, 11) is 1.02. The summed E-state index contributed by atoms with van der Waals surface area (Å²) in [5.41, 5.74) is 0.325. The van der Waals surface area contributed by atoms with Gasteiger partial charge < -0.3 is 29.8 Å². The van der Waals surface area contributed by atoms with Gasteiger partial charge in [0, 0.05) is 6.20 Å². The molecule has 1 unspecified atom stereocenters. The molecule has 2 aromatic carbocycles. The third-order valence-corrected chi connectivity index (χ3v) is 5.02. The van der Waals surface area contributed by atoms with E-state index in [0.29, 0.717) is 0 Å². The van der Waals surface area contributed by atoms with Crippen LogP contribution in [0.1, 0.15) is 52.0 Å². The Morgan fingerprint density at radius 3 is 1.92 bits per heavy atom. The van der Waals surface area contributed by atoms with E-state index in [9.17, 15) is 24.0 Å². The number of ether oxygens (including phenoxy) is 3. The minimum absolute atomic E-state index is 0.348. The summed E-state index contributed by atoms with van der Waals surface area (Å²) in [5.74, 6) is -3.45. The van der Waals surface area contributed by atoms with Crippen LogP contribution >= 0.6 is 0 Å². The van der Waals surface area contributed by atoms with Crippen LogP contribution in [0.5, 0.6) is 0 Å². The number of nitrogens with one attached hydrogen (secondary N) is 3. The fraction of sp³-hybridized carbons (Fsp3) is 0.231. The second-order valence-electron chi connectivity index (χ2n) is 8.11. The number of rotatable bonds is 9. The minimum Gasteiger partial charge on any atom is -0.465 e. The second-order valence-corrected chi connectivity index (χ2v) is 8.11. The zero-order valence-electron chi connectivity index (χ0n) is 20.8. The summed E-state index contributed by atoms with van der Waals surface area (Å²) in [6, 6.07) is 17.8. The molecule has 2 amide bonds. The van der Waals surface area contributed by atoms with Crippen LogP contribution in [-0.4, -0.2) is 53.3 Å². The molecule has 0 saturated heterocycles. The van der Waals surface area contributed by atoms with Crippen molar-refractivity contribution in [1.82, 2.24) is 20.6 Å². The van der Waals surface area contributed by atoms with Gasteiger partial charge in [0.2, 0.25) is 0 Å². The molecule has 12 nitrogen and oxygen atoms in total. The minimum atomic E-state index is -1.87. The number of carbonyl (C=O) groups excluding carboxylic acids is 4. The van der Waals surface area contributed by atoms with Gasteiger partial charge in [0.1, 0.15) is 5.56 Å². The van der Waals surface area contributed by atoms with E-state index >= 15 is 0 Å². The van der Waals surface area contributed by atoms with Gasteiger partial charge in [0.05, 0.1) is 19.3 Å². The fourth-order valence-corrected chi connectivity index (χ4v) is 3.28. The second kappa shape index (κ2) is 12.8. The molecule has 1 aromatic heterocycles. The standard InChI is InChI=1S/C26H26N4O8/c1-15(2)37-26(35)38-24(25(34)36-3)30-23(33)20-27-14-18(22(32)29-20)21(31)28-19(16-10-6-4-7-11-16)17-12-8-5-9-13-17/h4-15,19,24H,1-3H3,(H,28,31)(H,30,33)(H,27,29,32). The molecule has 0 saturated carbocycles. The van der Waals surface area contributed by atoms with E-state index in [1.54, 1.807) is 13.8 Å². The molecule has 198 valence electrons. The van der Waals surface area contributed by atoms with Crippen molar-refractivity contribution in [3.05, 3.63) is 99.7 Å². The molecule has 0 radical (unpaired) electrons. The van der Waals surface area contributed by atoms with E-state index in [4.69, 9.17) is 9.47 Å². The average Bonchev–Trinajstić information content (AvgIpc) is 2.91. The first-order valence-corrected chi connectivity index (χ1v) is 11.5. The largest absolute Gasteiger partial charge is 0.510 e. The van der Waals surface area contributed by atoms with Crippen molar-refractivity contribution >= 4 is 23.9 Å². The molecule has 0 aliphatic heterocycles. The lowest BCUT2D eigenvalue weighted by atomic mass is 9.98. The Morgan fingerprint density at radius 2 is 1.42 bits per heavy atom. The van der Waals surface area contributed by atoms with Crippen LogP contribution in [0.15, 0.2) is 71.7 Å². The first-order valence-electron chi connectivity index (χ1n) is 11.5. The topological polar surface area (TPSA) is 166 Å². The van der Waals surface area contributed by atoms with Crippen LogP contribution in [0.3, 0.4) is 0 Å². The van der Waals surface area contributed by atoms with Crippen molar-refractivity contribution in [2.24, 2.45) is 0 Å². The number of carbonyl (C=O) groups is 4. The van der Waals surface area contributed by atoms with Gasteiger partial charge in [-0.2, -0.15) is 0 Å². The van der Waals surface area contributed by atoms with Gasteiger partial charge in [-0.1, -0.05) is 60.7 Å². The van der Waals surface area contributed by atoms with Gasteiger partial charge in [0.15, 0.2) is 5.82 Å². The normalized spacial score (nSPS) is 11.4. The van der Waals surface area contributed by atoms with Crippen LogP contribution in [0, 0.1) is 0 Å². The Bertz CT molecular complexity index is 1300. The maximum Gasteiger partial charge on any atom is 0.510 e. The number of aromatic nitrogens is 2. The predicted molar refractivity (Wildman–Crippen MR) is 133 cm³/mol. The molecule has 12 heteroatoms. The smallest absolute Gasteiger partial charge is 0.465 e. The molecule has 3 aromatic rings. The molecule has 0 aliphatic carbocycles. The van der Waals surface area contributed by atoms with Gasteiger partial charge in [-0.3, -0.25) is 14.4 Å². The van der Waals surface area contributed by atoms with Crippen molar-refractivity contribution in [2.45, 2.75) is 32.2 Å². The lowest BCUT2D eigenvalue weighted by Crippen LogP contribution is -2.46. The van der Waals surface area contributed by atoms with Crippen LogP contribution < -0.4 is 16.2 Å². The average molecular weight is 523 g/mol. The van der Waals surface area contributed by atoms with Gasteiger partial charge in [-0.25, -0.2) is 14.6 Å². The van der Waals surface area contributed by atoms with Crippen molar-refractivity contribution < 1.29 is 33.4 Å². The van der Waals surface area contributed by atoms with Gasteiger partial charge in [0.25, 0.3) is 23.6 Å². The number of esters is 1. The molecule has 0 fully saturated rings. The maximum atomic E-state index is 13.0. The van der Waals surface area contributed by atoms with E-state index in [0.717, 1.165) is 24.4 Å². The Kier molecular flexibility index (Phi) is 9.30. The Morgan fingerprint density at radius 1 is 0.842 bits per heavy atom. The molecule has 1 heterocycles. The lowest BCUT2D eigenvalue weighted by molar-refractivity contribution is -0.153. The van der Waals surface area contributed by atoms with Gasteiger partial charge in [-0.15, -0.1) is 0 Å². The van der Waals surface area contributed by atoms with Crippen molar-refractivity contribution in [2.75, 3.05) is 7.11 Å². The number of hydrogen-bond acceptors (Lipinski definition) is 9. The number of H-pyrrole nitrogens is 1. The van der Waals surface area contributed by atoms with Gasteiger partial charge in [-0.05, 0) is 25.0 Å². The number of hydrogen-bond donors (Lipinski definition) is 3. The Balaban J connectivity index is 1.78. The van der Waals surface area contributed by atoms with Crippen LogP contribution in [0.25, 0.3) is 0 Å². The summed E-state index contributed by atoms with van der Waals surface area (Å²) < 4.78 is 14.1. The van der Waals surface area contributed by atoms with E-state index in [-0.39, 0.29) is 5.56 Å². The number of benzene rings is 2. The van der Waals surface area contributed by atoms with E-state index < -0.39 is 53.7 Å². The monoisotopic (exact) mass is 522 g/mol. The highest BCUT2D eigenvalue weighted by atomic mass is 16.7. The molecule has 0 bridgehead atoms. The summed E-state index contributed by atoms with van der Waals surface area (Å²) in [6.45, 7) is 3.11. The van der Waals surface area contributed by atoms with Crippen LogP contribution in [-0.2, 0) is 19.0 Å². The SMILES string of the molecule is COC(=O)C(NC(=O)c1ncc(C(=O)NC(c2ccccc2)c2ccccc2)c(=O)[nH]1)OC(=O)OC(C)C. The summed E-state index contributed by atoms with van der Waals surface area (Å²) in [5, 5.41) is 4.88. The molecular formula is C26H26N4O8. The van der Waals surface area contributed by atoms with E-state index in [2.05, 4.69) is 25.3 Å². The highest BCUT2D eigenvalue weighted by Gasteiger charge is 2.29. The number of methoxy groups -OCH3 is 1. The number of amides is 2. The van der Waals surface area contributed by atoms with Gasteiger partial charge >= 0.3 is 12.1 Å². The summed E-state index contributed by atoms with van der Waals surface area (Å²) in [4.78, 5) is 68.0. The molecule has 0 spiro atoms. The highest BCUT2D eigenvalue weighted by molar-refractivity contribution is 5.96. The van der Waals surface area contributed by atoms with Crippen LogP contribution in [0.4, 0.5) is 4.79 Å². The molecule has 1 atom stereocenters. The third-order valence-electron chi connectivity index (χ3n) is 5.02. The van der Waals surface area contributed by atoms with E-state index in [1.807, 2.05) is 60.7 Å². The number of nitrogens with zero attached hydrogens (tertiary/aromatic N) is 1. The molecule has 3 rings (SSSR count). The quantitative estimate of drug-likeness (QED) is 0.282. The predicted octanol–water partition coefficient (Wildman–Crippen LogP) is 2.08. The third kappa shape index (κ3) is 7.26. The highest BCUT2D eigenvalue weighted by Crippen LogP contribution is 2.22. The Hall–Kier alpha value is -5.00. The summed E-state index contributed by atoms with van der Waals surface area (Å²) in [6.07, 6.45) is -2.71. The van der Waals surface area contributed by atoms with Crippen LogP contribution in [0.2, 0.25) is 0 Å². The first kappa shape index (κ1) is 27.6. The molecule has 0 aliphatic rings.